The third-order valence-electron chi connectivity index (χ3n) is 14.5. The van der Waals surface area contributed by atoms with Gasteiger partial charge in [0.1, 0.15) is 11.2 Å². The van der Waals surface area contributed by atoms with Gasteiger partial charge in [-0.25, -0.2) is 0 Å². The molecule has 1 aromatic heterocycles. The zero-order valence-electron chi connectivity index (χ0n) is 37.7. The lowest BCUT2D eigenvalue weighted by Gasteiger charge is -2.19. The SMILES string of the molecule is c1ccc(-c2ccc(-c3c4ccccc4c(-c4cccc5c4oc4cc(-c6c7ccccc7c(-c7ccc(-c8ccccc8)c8ccccc78)c7ccccc67)ccc45)c4ccccc34)cc2)cc1. The molecule has 0 radical (unpaired) electrons. The Morgan fingerprint density at radius 2 is 0.565 bits per heavy atom. The Morgan fingerprint density at radius 1 is 0.188 bits per heavy atom. The fourth-order valence-corrected chi connectivity index (χ4v) is 11.5. The first-order valence-electron chi connectivity index (χ1n) is 23.8. The molecule has 1 heterocycles. The summed E-state index contributed by atoms with van der Waals surface area (Å²) in [5.41, 5.74) is 16.2. The van der Waals surface area contributed by atoms with Gasteiger partial charge in [0.05, 0.1) is 0 Å². The standard InChI is InChI=1S/C68H42O/c1-3-18-43(19-4-1)44-34-36-46(37-35-44)64-52-24-9-15-30-58(52)67(59-31-16-10-25-53(59)64)62-33-17-32-61-51-39-38-47(42-63(51)69-68(61)62)65-54-26-11-13-28-56(54)66(57-29-14-12-27-55(57)65)60-41-40-48(45-20-5-2-6-21-45)49-22-7-8-23-50(49)60/h1-42H. The highest BCUT2D eigenvalue weighted by molar-refractivity contribution is 6.26. The summed E-state index contributed by atoms with van der Waals surface area (Å²) in [6.07, 6.45) is 0. The Balaban J connectivity index is 0.952. The first-order valence-corrected chi connectivity index (χ1v) is 23.8. The van der Waals surface area contributed by atoms with Crippen LogP contribution in [0.2, 0.25) is 0 Å². The molecular formula is C68H42O. The molecule has 0 saturated heterocycles. The van der Waals surface area contributed by atoms with Gasteiger partial charge in [0, 0.05) is 21.9 Å². The number of hydrogen-bond acceptors (Lipinski definition) is 1. The Morgan fingerprint density at radius 3 is 1.12 bits per heavy atom. The highest BCUT2D eigenvalue weighted by Gasteiger charge is 2.23. The lowest BCUT2D eigenvalue weighted by Crippen LogP contribution is -1.92. The number of hydrogen-bond donors (Lipinski definition) is 0. The largest absolute Gasteiger partial charge is 0.455 e. The van der Waals surface area contributed by atoms with Crippen LogP contribution in [0.5, 0.6) is 0 Å². The number of para-hydroxylation sites is 1. The normalized spacial score (nSPS) is 11.8. The van der Waals surface area contributed by atoms with Crippen LogP contribution in [0, 0.1) is 0 Å². The molecule has 0 fully saturated rings. The number of fused-ring (bicyclic) bond motifs is 8. The van der Waals surface area contributed by atoms with Crippen molar-refractivity contribution < 1.29 is 4.42 Å². The van der Waals surface area contributed by atoms with Crippen LogP contribution >= 0.6 is 0 Å². The average Bonchev–Trinajstić information content (AvgIpc) is 3.80. The highest BCUT2D eigenvalue weighted by atomic mass is 16.3. The van der Waals surface area contributed by atoms with E-state index >= 15 is 0 Å². The first kappa shape index (κ1) is 39.2. The Bertz CT molecular complexity index is 4220. The van der Waals surface area contributed by atoms with E-state index in [9.17, 15) is 0 Å². The fourth-order valence-electron chi connectivity index (χ4n) is 11.5. The van der Waals surface area contributed by atoms with Gasteiger partial charge in [-0.2, -0.15) is 0 Å². The molecule has 14 aromatic rings. The molecule has 14 rings (SSSR count). The zero-order chi connectivity index (χ0) is 45.4. The van der Waals surface area contributed by atoms with E-state index < -0.39 is 0 Å². The molecule has 0 aliphatic heterocycles. The van der Waals surface area contributed by atoms with Crippen molar-refractivity contribution in [1.29, 1.82) is 0 Å². The molecule has 0 unspecified atom stereocenters. The van der Waals surface area contributed by atoms with Gasteiger partial charge in [-0.3, -0.25) is 0 Å². The van der Waals surface area contributed by atoms with Gasteiger partial charge in [-0.05, 0) is 122 Å². The number of furan rings is 1. The van der Waals surface area contributed by atoms with Crippen LogP contribution in [0.4, 0.5) is 0 Å². The molecule has 320 valence electrons. The highest BCUT2D eigenvalue weighted by Crippen LogP contribution is 2.49. The quantitative estimate of drug-likeness (QED) is 0.152. The molecule has 13 aromatic carbocycles. The monoisotopic (exact) mass is 874 g/mol. The summed E-state index contributed by atoms with van der Waals surface area (Å²) in [4.78, 5) is 0. The van der Waals surface area contributed by atoms with E-state index in [1.807, 2.05) is 0 Å². The van der Waals surface area contributed by atoms with Crippen molar-refractivity contribution in [1.82, 2.24) is 0 Å². The van der Waals surface area contributed by atoms with Crippen molar-refractivity contribution in [3.63, 3.8) is 0 Å². The summed E-state index contributed by atoms with van der Waals surface area (Å²) in [6, 6.07) is 93.0. The van der Waals surface area contributed by atoms with E-state index in [-0.39, 0.29) is 0 Å². The van der Waals surface area contributed by atoms with Crippen molar-refractivity contribution in [2.45, 2.75) is 0 Å². The van der Waals surface area contributed by atoms with Gasteiger partial charge in [-0.1, -0.05) is 243 Å². The second-order valence-corrected chi connectivity index (χ2v) is 18.2. The van der Waals surface area contributed by atoms with Crippen LogP contribution in [0.25, 0.3) is 143 Å². The Hall–Kier alpha value is -9.04. The minimum Gasteiger partial charge on any atom is -0.455 e. The lowest BCUT2D eigenvalue weighted by molar-refractivity contribution is 0.670. The van der Waals surface area contributed by atoms with E-state index in [1.165, 1.54) is 109 Å². The van der Waals surface area contributed by atoms with Gasteiger partial charge in [0.2, 0.25) is 0 Å². The van der Waals surface area contributed by atoms with Crippen LogP contribution in [-0.4, -0.2) is 0 Å². The van der Waals surface area contributed by atoms with Gasteiger partial charge >= 0.3 is 0 Å². The Labute approximate surface area is 399 Å². The van der Waals surface area contributed by atoms with Crippen LogP contribution in [-0.2, 0) is 0 Å². The van der Waals surface area contributed by atoms with Crippen LogP contribution < -0.4 is 0 Å². The maximum Gasteiger partial charge on any atom is 0.143 e. The molecule has 0 N–H and O–H groups in total. The summed E-state index contributed by atoms with van der Waals surface area (Å²) < 4.78 is 7.18. The Kier molecular flexibility index (Phi) is 8.97. The van der Waals surface area contributed by atoms with Crippen LogP contribution in [0.3, 0.4) is 0 Å². The maximum atomic E-state index is 7.18. The van der Waals surface area contributed by atoms with Crippen LogP contribution in [0.1, 0.15) is 0 Å². The second kappa shape index (κ2) is 15.8. The fraction of sp³-hybridized carbons (Fsp3) is 0. The second-order valence-electron chi connectivity index (χ2n) is 18.2. The molecule has 0 aliphatic rings. The minimum atomic E-state index is 0.874. The predicted molar refractivity (Wildman–Crippen MR) is 294 cm³/mol. The van der Waals surface area contributed by atoms with Gasteiger partial charge in [-0.15, -0.1) is 0 Å². The van der Waals surface area contributed by atoms with Gasteiger partial charge in [0.15, 0.2) is 0 Å². The van der Waals surface area contributed by atoms with Gasteiger partial charge < -0.3 is 4.42 Å². The smallest absolute Gasteiger partial charge is 0.143 e. The molecule has 69 heavy (non-hydrogen) atoms. The summed E-state index contributed by atoms with van der Waals surface area (Å²) in [6.45, 7) is 0. The maximum absolute atomic E-state index is 7.18. The van der Waals surface area contributed by atoms with Crippen molar-refractivity contribution in [2.24, 2.45) is 0 Å². The molecule has 0 amide bonds. The molecule has 0 aliphatic carbocycles. The van der Waals surface area contributed by atoms with Crippen molar-refractivity contribution in [3.05, 3.63) is 255 Å². The van der Waals surface area contributed by atoms with Crippen molar-refractivity contribution in [2.75, 3.05) is 0 Å². The molecule has 0 bridgehead atoms. The van der Waals surface area contributed by atoms with E-state index in [4.69, 9.17) is 4.42 Å². The van der Waals surface area contributed by atoms with Crippen molar-refractivity contribution >= 4 is 75.8 Å². The predicted octanol–water partition coefficient (Wildman–Crippen LogP) is 19.4. The zero-order valence-corrected chi connectivity index (χ0v) is 37.7. The van der Waals surface area contributed by atoms with Crippen molar-refractivity contribution in [3.8, 4) is 66.8 Å². The summed E-state index contributed by atoms with van der Waals surface area (Å²) in [5.74, 6) is 0. The topological polar surface area (TPSA) is 13.1 Å². The molecule has 1 nitrogen and oxygen atoms in total. The third kappa shape index (κ3) is 6.18. The number of benzene rings is 13. The number of rotatable bonds is 6. The summed E-state index contributed by atoms with van der Waals surface area (Å²) in [7, 11) is 0. The van der Waals surface area contributed by atoms with E-state index in [0.717, 1.165) is 33.1 Å². The van der Waals surface area contributed by atoms with E-state index in [1.54, 1.807) is 0 Å². The molecule has 0 saturated carbocycles. The minimum absolute atomic E-state index is 0.874. The molecule has 0 atom stereocenters. The third-order valence-corrected chi connectivity index (χ3v) is 14.5. The first-order chi connectivity index (χ1) is 34.3. The molecular weight excluding hydrogens is 833 g/mol. The van der Waals surface area contributed by atoms with E-state index in [2.05, 4.69) is 255 Å². The van der Waals surface area contributed by atoms with E-state index in [0.29, 0.717) is 0 Å². The molecule has 1 heteroatoms. The average molecular weight is 875 g/mol. The van der Waals surface area contributed by atoms with Crippen LogP contribution in [0.15, 0.2) is 259 Å². The summed E-state index contributed by atoms with van der Waals surface area (Å²) in [5, 5.41) is 14.4. The molecule has 0 spiro atoms. The summed E-state index contributed by atoms with van der Waals surface area (Å²) >= 11 is 0. The van der Waals surface area contributed by atoms with Gasteiger partial charge in [0.25, 0.3) is 0 Å². The lowest BCUT2D eigenvalue weighted by atomic mass is 9.83.